The monoisotopic (exact) mass is 652 g/mol. The van der Waals surface area contributed by atoms with Crippen LogP contribution in [0.2, 0.25) is 4.34 Å². The first-order valence-electron chi connectivity index (χ1n) is 14.7. The Hall–Kier alpha value is -4.98. The summed E-state index contributed by atoms with van der Waals surface area (Å²) < 4.78 is 17.1. The molecule has 0 aliphatic carbocycles. The van der Waals surface area contributed by atoms with Gasteiger partial charge >= 0.3 is 0 Å². The van der Waals surface area contributed by atoms with Crippen LogP contribution in [0.15, 0.2) is 91.4 Å². The van der Waals surface area contributed by atoms with Gasteiger partial charge in [-0.2, -0.15) is 5.26 Å². The van der Waals surface area contributed by atoms with Gasteiger partial charge in [-0.15, -0.1) is 11.3 Å². The number of thiophene rings is 1. The van der Waals surface area contributed by atoms with Gasteiger partial charge in [-0.05, 0) is 78.7 Å². The van der Waals surface area contributed by atoms with Gasteiger partial charge in [0.1, 0.15) is 5.82 Å². The molecule has 0 N–H and O–H groups in total. The van der Waals surface area contributed by atoms with E-state index in [1.54, 1.807) is 60.7 Å². The van der Waals surface area contributed by atoms with Crippen molar-refractivity contribution in [1.29, 1.82) is 5.26 Å². The van der Waals surface area contributed by atoms with Crippen LogP contribution in [0.3, 0.4) is 0 Å². The van der Waals surface area contributed by atoms with Crippen LogP contribution in [0.25, 0.3) is 0 Å². The van der Waals surface area contributed by atoms with Crippen LogP contribution in [0.4, 0.5) is 15.8 Å². The van der Waals surface area contributed by atoms with E-state index in [1.165, 1.54) is 17.4 Å². The molecule has 1 saturated heterocycles. The number of hydrogen-bond donors (Lipinski definition) is 0. The maximum absolute atomic E-state index is 14.5. The van der Waals surface area contributed by atoms with Crippen molar-refractivity contribution in [1.82, 2.24) is 14.5 Å². The van der Waals surface area contributed by atoms with Gasteiger partial charge in [-0.25, -0.2) is 9.37 Å². The van der Waals surface area contributed by atoms with Gasteiger partial charge in [0.05, 0.1) is 39.4 Å². The largest absolute Gasteiger partial charge is 0.368 e. The molecule has 2 amide bonds. The van der Waals surface area contributed by atoms with Gasteiger partial charge in [-0.3, -0.25) is 9.59 Å². The maximum atomic E-state index is 14.5. The lowest BCUT2D eigenvalue weighted by atomic mass is 10.1. The average molecular weight is 653 g/mol. The van der Waals surface area contributed by atoms with Gasteiger partial charge in [0.2, 0.25) is 0 Å². The molecule has 0 radical (unpaired) electrons. The zero-order chi connectivity index (χ0) is 32.2. The fraction of sp³-hybridized carbons (Fsp3) is 0.200. The number of carbonyl (C=O) groups is 2. The molecule has 0 bridgehead atoms. The van der Waals surface area contributed by atoms with Crippen LogP contribution < -0.4 is 9.80 Å². The smallest absolute Gasteiger partial charge is 0.264 e. The van der Waals surface area contributed by atoms with Crippen molar-refractivity contribution in [3.63, 3.8) is 0 Å². The zero-order valence-electron chi connectivity index (χ0n) is 25.1. The number of nitriles is 1. The van der Waals surface area contributed by atoms with E-state index in [2.05, 4.69) is 16.0 Å². The van der Waals surface area contributed by atoms with Gasteiger partial charge in [-0.1, -0.05) is 29.8 Å². The summed E-state index contributed by atoms with van der Waals surface area (Å²) in [5.41, 5.74) is 4.72. The van der Waals surface area contributed by atoms with E-state index in [-0.39, 0.29) is 23.9 Å². The number of amides is 2. The summed E-state index contributed by atoms with van der Waals surface area (Å²) >= 11 is 7.31. The molecule has 0 saturated carbocycles. The summed E-state index contributed by atoms with van der Waals surface area (Å²) in [6, 6.07) is 25.2. The minimum atomic E-state index is -0.438. The number of benzene rings is 3. The Morgan fingerprint density at radius 1 is 1.00 bits per heavy atom. The van der Waals surface area contributed by atoms with Gasteiger partial charge in [0.25, 0.3) is 11.8 Å². The SMILES string of the molecule is Cc1ccc(C(=O)N(Cc2cncn2Cc2ccc(C#N)cc2)c2ccc(N3CCN(C(=O)c4ccc(Cl)s4)CC3)cc2)cc1F. The molecule has 11 heteroatoms. The van der Waals surface area contributed by atoms with Crippen molar-refractivity contribution in [2.75, 3.05) is 36.0 Å². The van der Waals surface area contributed by atoms with E-state index < -0.39 is 5.82 Å². The molecule has 0 unspecified atom stereocenters. The molecular formula is C35H30ClFN6O2S. The standard InChI is InChI=1S/C35H30ClFN6O2S/c1-24-2-7-27(18-31(24)37)34(44)43(22-30-20-39-23-42(30)21-26-5-3-25(19-38)4-6-26)29-10-8-28(9-11-29)40-14-16-41(17-15-40)35(45)32-12-13-33(36)46-32/h2-13,18,20,23H,14-17,21-22H2,1H3. The number of carbonyl (C=O) groups excluding carboxylic acids is 2. The molecule has 5 aromatic rings. The second-order valence-corrected chi connectivity index (χ2v) is 12.8. The lowest BCUT2D eigenvalue weighted by Gasteiger charge is -2.36. The highest BCUT2D eigenvalue weighted by molar-refractivity contribution is 7.17. The van der Waals surface area contributed by atoms with Crippen LogP contribution in [0, 0.1) is 24.1 Å². The lowest BCUT2D eigenvalue weighted by molar-refractivity contribution is 0.0751. The number of imidazole rings is 1. The minimum absolute atomic E-state index is 0.00739. The van der Waals surface area contributed by atoms with Crippen molar-refractivity contribution in [2.45, 2.75) is 20.0 Å². The molecular weight excluding hydrogens is 623 g/mol. The number of aryl methyl sites for hydroxylation is 1. The van der Waals surface area contributed by atoms with Crippen molar-refractivity contribution >= 4 is 46.1 Å². The first-order valence-corrected chi connectivity index (χ1v) is 15.9. The third-order valence-electron chi connectivity index (χ3n) is 8.10. The third-order valence-corrected chi connectivity index (χ3v) is 9.32. The molecule has 6 rings (SSSR count). The second kappa shape index (κ2) is 13.6. The Morgan fingerprint density at radius 3 is 2.39 bits per heavy atom. The van der Waals surface area contributed by atoms with E-state index >= 15 is 0 Å². The van der Waals surface area contributed by atoms with Crippen molar-refractivity contribution in [3.8, 4) is 6.07 Å². The van der Waals surface area contributed by atoms with E-state index in [1.807, 2.05) is 45.9 Å². The topological polar surface area (TPSA) is 85.5 Å². The Balaban J connectivity index is 1.21. The summed E-state index contributed by atoms with van der Waals surface area (Å²) in [6.45, 7) is 4.89. The summed E-state index contributed by atoms with van der Waals surface area (Å²) in [7, 11) is 0. The molecule has 1 aliphatic rings. The van der Waals surface area contributed by atoms with E-state index in [0.29, 0.717) is 58.8 Å². The number of rotatable bonds is 8. The highest BCUT2D eigenvalue weighted by atomic mass is 35.5. The summed E-state index contributed by atoms with van der Waals surface area (Å²) in [6.07, 6.45) is 3.43. The zero-order valence-corrected chi connectivity index (χ0v) is 26.6. The van der Waals surface area contributed by atoms with Gasteiger partial charge < -0.3 is 19.3 Å². The molecule has 46 heavy (non-hydrogen) atoms. The van der Waals surface area contributed by atoms with Crippen molar-refractivity contribution in [2.24, 2.45) is 0 Å². The number of hydrogen-bond acceptors (Lipinski definition) is 6. The fourth-order valence-electron chi connectivity index (χ4n) is 5.42. The van der Waals surface area contributed by atoms with E-state index in [0.717, 1.165) is 16.9 Å². The fourth-order valence-corrected chi connectivity index (χ4v) is 6.43. The predicted molar refractivity (Wildman–Crippen MR) is 178 cm³/mol. The number of aromatic nitrogens is 2. The summed E-state index contributed by atoms with van der Waals surface area (Å²) in [4.78, 5) is 37.4. The molecule has 3 aromatic carbocycles. The van der Waals surface area contributed by atoms with Crippen LogP contribution in [-0.2, 0) is 13.1 Å². The number of halogens is 2. The lowest BCUT2D eigenvalue weighted by Crippen LogP contribution is -2.48. The Labute approximate surface area is 275 Å². The summed E-state index contributed by atoms with van der Waals surface area (Å²) in [5, 5.41) is 9.13. The Morgan fingerprint density at radius 2 is 1.74 bits per heavy atom. The van der Waals surface area contributed by atoms with Crippen molar-refractivity contribution in [3.05, 3.63) is 134 Å². The molecule has 0 atom stereocenters. The van der Waals surface area contributed by atoms with Gasteiger partial charge in [0.15, 0.2) is 0 Å². The molecule has 0 spiro atoms. The normalized spacial score (nSPS) is 13.0. The first-order chi connectivity index (χ1) is 22.3. The Kier molecular flexibility index (Phi) is 9.15. The molecule has 232 valence electrons. The molecule has 2 aromatic heterocycles. The van der Waals surface area contributed by atoms with E-state index in [4.69, 9.17) is 16.9 Å². The average Bonchev–Trinajstić information content (AvgIpc) is 3.73. The molecule has 1 aliphatic heterocycles. The van der Waals surface area contributed by atoms with Crippen LogP contribution in [0.1, 0.15) is 42.4 Å². The van der Waals surface area contributed by atoms with Crippen LogP contribution in [0.5, 0.6) is 0 Å². The minimum Gasteiger partial charge on any atom is -0.368 e. The highest BCUT2D eigenvalue weighted by Crippen LogP contribution is 2.27. The molecule has 1 fully saturated rings. The molecule has 8 nitrogen and oxygen atoms in total. The first kappa shape index (κ1) is 31.0. The van der Waals surface area contributed by atoms with Gasteiger partial charge in [0, 0.05) is 55.9 Å². The summed E-state index contributed by atoms with van der Waals surface area (Å²) in [5.74, 6) is -0.780. The van der Waals surface area contributed by atoms with Crippen molar-refractivity contribution < 1.29 is 14.0 Å². The van der Waals surface area contributed by atoms with Crippen LogP contribution >= 0.6 is 22.9 Å². The van der Waals surface area contributed by atoms with Crippen LogP contribution in [-0.4, -0.2) is 52.4 Å². The molecule has 3 heterocycles. The number of anilines is 2. The maximum Gasteiger partial charge on any atom is 0.264 e. The Bertz CT molecular complexity index is 1910. The number of piperazine rings is 1. The quantitative estimate of drug-likeness (QED) is 0.185. The predicted octanol–water partition coefficient (Wildman–Crippen LogP) is 6.77. The number of nitrogens with zero attached hydrogens (tertiary/aromatic N) is 6. The second-order valence-electron chi connectivity index (χ2n) is 11.1. The van der Waals surface area contributed by atoms with E-state index in [9.17, 15) is 14.0 Å². The third kappa shape index (κ3) is 6.81. The highest BCUT2D eigenvalue weighted by Gasteiger charge is 2.25.